The Bertz CT molecular complexity index is 321. The first-order valence-electron chi connectivity index (χ1n) is 5.07. The molecule has 0 N–H and O–H groups in total. The first-order chi connectivity index (χ1) is 6.83. The quantitative estimate of drug-likeness (QED) is 0.720. The molecular weight excluding hydrogens is 181 g/mol. The zero-order valence-electron chi connectivity index (χ0n) is 8.33. The highest BCUT2D eigenvalue weighted by molar-refractivity contribution is 5.41. The third kappa shape index (κ3) is 1.56. The number of hydrogen-bond donors (Lipinski definition) is 0. The standard InChI is InChI=1S/C10H14FN3/c1-2-8-9(11)10(13-7-12-8)14-5-3-4-6-14/h7H,2-6H2,1H3. The van der Waals surface area contributed by atoms with Gasteiger partial charge in [-0.05, 0) is 19.3 Å². The summed E-state index contributed by atoms with van der Waals surface area (Å²) in [6.45, 7) is 3.73. The van der Waals surface area contributed by atoms with Gasteiger partial charge in [0.25, 0.3) is 0 Å². The number of aromatic nitrogens is 2. The predicted octanol–water partition coefficient (Wildman–Crippen LogP) is 1.78. The van der Waals surface area contributed by atoms with Crippen molar-refractivity contribution < 1.29 is 4.39 Å². The van der Waals surface area contributed by atoms with Gasteiger partial charge in [-0.2, -0.15) is 0 Å². The van der Waals surface area contributed by atoms with Crippen LogP contribution in [0.25, 0.3) is 0 Å². The number of aryl methyl sites for hydroxylation is 1. The Balaban J connectivity index is 2.32. The van der Waals surface area contributed by atoms with E-state index in [1.165, 1.54) is 6.33 Å². The minimum Gasteiger partial charge on any atom is -0.354 e. The molecule has 14 heavy (non-hydrogen) atoms. The average molecular weight is 195 g/mol. The molecule has 1 fully saturated rings. The summed E-state index contributed by atoms with van der Waals surface area (Å²) >= 11 is 0. The van der Waals surface area contributed by atoms with Gasteiger partial charge in [-0.15, -0.1) is 0 Å². The summed E-state index contributed by atoms with van der Waals surface area (Å²) in [7, 11) is 0. The topological polar surface area (TPSA) is 29.0 Å². The van der Waals surface area contributed by atoms with E-state index in [-0.39, 0.29) is 5.82 Å². The lowest BCUT2D eigenvalue weighted by Gasteiger charge is -2.17. The maximum absolute atomic E-state index is 13.8. The van der Waals surface area contributed by atoms with Crippen LogP contribution in [-0.4, -0.2) is 23.1 Å². The summed E-state index contributed by atoms with van der Waals surface area (Å²) < 4.78 is 13.8. The molecule has 0 unspecified atom stereocenters. The molecule has 4 heteroatoms. The first kappa shape index (κ1) is 9.37. The van der Waals surface area contributed by atoms with E-state index >= 15 is 0 Å². The average Bonchev–Trinajstić information content (AvgIpc) is 2.71. The van der Waals surface area contributed by atoms with Gasteiger partial charge in [0.1, 0.15) is 6.33 Å². The van der Waals surface area contributed by atoms with Gasteiger partial charge in [0.15, 0.2) is 11.6 Å². The number of rotatable bonds is 2. The lowest BCUT2D eigenvalue weighted by atomic mass is 10.3. The van der Waals surface area contributed by atoms with E-state index in [0.717, 1.165) is 25.9 Å². The second-order valence-corrected chi connectivity index (χ2v) is 3.51. The van der Waals surface area contributed by atoms with E-state index in [1.54, 1.807) is 0 Å². The highest BCUT2D eigenvalue weighted by Gasteiger charge is 2.19. The van der Waals surface area contributed by atoms with Gasteiger partial charge >= 0.3 is 0 Å². The number of anilines is 1. The molecule has 76 valence electrons. The fourth-order valence-electron chi connectivity index (χ4n) is 1.79. The zero-order chi connectivity index (χ0) is 9.97. The minimum atomic E-state index is -0.239. The van der Waals surface area contributed by atoms with E-state index in [0.29, 0.717) is 17.9 Å². The molecule has 0 atom stereocenters. The van der Waals surface area contributed by atoms with Crippen molar-refractivity contribution >= 4 is 5.82 Å². The van der Waals surface area contributed by atoms with Crippen LogP contribution in [0.3, 0.4) is 0 Å². The van der Waals surface area contributed by atoms with Crippen molar-refractivity contribution in [2.75, 3.05) is 18.0 Å². The van der Waals surface area contributed by atoms with Crippen molar-refractivity contribution in [2.24, 2.45) is 0 Å². The predicted molar refractivity (Wildman–Crippen MR) is 52.8 cm³/mol. The van der Waals surface area contributed by atoms with Crippen LogP contribution in [0.4, 0.5) is 10.2 Å². The van der Waals surface area contributed by atoms with Gasteiger partial charge in [-0.3, -0.25) is 0 Å². The van der Waals surface area contributed by atoms with Gasteiger partial charge in [-0.1, -0.05) is 6.92 Å². The fourth-order valence-corrected chi connectivity index (χ4v) is 1.79. The lowest BCUT2D eigenvalue weighted by molar-refractivity contribution is 0.588. The molecule has 0 saturated carbocycles. The zero-order valence-corrected chi connectivity index (χ0v) is 8.33. The molecule has 2 rings (SSSR count). The van der Waals surface area contributed by atoms with Crippen molar-refractivity contribution in [1.29, 1.82) is 0 Å². The smallest absolute Gasteiger partial charge is 0.187 e. The largest absolute Gasteiger partial charge is 0.354 e. The third-order valence-corrected chi connectivity index (χ3v) is 2.58. The fraction of sp³-hybridized carbons (Fsp3) is 0.600. The van der Waals surface area contributed by atoms with E-state index in [4.69, 9.17) is 0 Å². The molecule has 0 aromatic carbocycles. The summed E-state index contributed by atoms with van der Waals surface area (Å²) in [5.74, 6) is 0.242. The minimum absolute atomic E-state index is 0.239. The summed E-state index contributed by atoms with van der Waals surface area (Å²) in [5.41, 5.74) is 0.516. The molecule has 0 aliphatic carbocycles. The van der Waals surface area contributed by atoms with Crippen LogP contribution in [0.2, 0.25) is 0 Å². The maximum atomic E-state index is 13.8. The monoisotopic (exact) mass is 195 g/mol. The van der Waals surface area contributed by atoms with E-state index in [1.807, 2.05) is 11.8 Å². The normalized spacial score (nSPS) is 16.3. The highest BCUT2D eigenvalue weighted by Crippen LogP contribution is 2.21. The van der Waals surface area contributed by atoms with E-state index in [9.17, 15) is 4.39 Å². The van der Waals surface area contributed by atoms with Gasteiger partial charge in [0.2, 0.25) is 0 Å². The molecule has 0 spiro atoms. The van der Waals surface area contributed by atoms with Crippen LogP contribution in [0.5, 0.6) is 0 Å². The van der Waals surface area contributed by atoms with Gasteiger partial charge < -0.3 is 4.90 Å². The molecule has 1 aromatic heterocycles. The van der Waals surface area contributed by atoms with Gasteiger partial charge in [0.05, 0.1) is 5.69 Å². The second kappa shape index (κ2) is 3.90. The van der Waals surface area contributed by atoms with Gasteiger partial charge in [-0.25, -0.2) is 14.4 Å². The van der Waals surface area contributed by atoms with Crippen molar-refractivity contribution in [1.82, 2.24) is 9.97 Å². The van der Waals surface area contributed by atoms with Crippen LogP contribution in [0, 0.1) is 5.82 Å². The lowest BCUT2D eigenvalue weighted by Crippen LogP contribution is -2.21. The Morgan fingerprint density at radius 3 is 2.71 bits per heavy atom. The van der Waals surface area contributed by atoms with Crippen molar-refractivity contribution in [2.45, 2.75) is 26.2 Å². The molecule has 1 aliphatic rings. The number of hydrogen-bond acceptors (Lipinski definition) is 3. The summed E-state index contributed by atoms with van der Waals surface area (Å²) in [4.78, 5) is 9.92. The Kier molecular flexibility index (Phi) is 2.61. The Morgan fingerprint density at radius 1 is 1.36 bits per heavy atom. The van der Waals surface area contributed by atoms with Crippen LogP contribution >= 0.6 is 0 Å². The van der Waals surface area contributed by atoms with Crippen LogP contribution < -0.4 is 4.90 Å². The van der Waals surface area contributed by atoms with Crippen LogP contribution in [0.15, 0.2) is 6.33 Å². The molecule has 2 heterocycles. The Morgan fingerprint density at radius 2 is 2.07 bits per heavy atom. The SMILES string of the molecule is CCc1ncnc(N2CCCC2)c1F. The molecule has 1 aromatic rings. The molecule has 0 bridgehead atoms. The Labute approximate surface area is 83.0 Å². The highest BCUT2D eigenvalue weighted by atomic mass is 19.1. The number of nitrogens with zero attached hydrogens (tertiary/aromatic N) is 3. The molecule has 0 amide bonds. The van der Waals surface area contributed by atoms with Gasteiger partial charge in [0, 0.05) is 13.1 Å². The summed E-state index contributed by atoms with van der Waals surface area (Å²) in [5, 5.41) is 0. The Hall–Kier alpha value is -1.19. The van der Waals surface area contributed by atoms with Crippen LogP contribution in [-0.2, 0) is 6.42 Å². The first-order valence-corrected chi connectivity index (χ1v) is 5.07. The van der Waals surface area contributed by atoms with Crippen molar-refractivity contribution in [3.05, 3.63) is 17.8 Å². The number of halogens is 1. The maximum Gasteiger partial charge on any atom is 0.187 e. The summed E-state index contributed by atoms with van der Waals surface area (Å²) in [6.07, 6.45) is 4.33. The molecular formula is C10H14FN3. The van der Waals surface area contributed by atoms with Crippen molar-refractivity contribution in [3.8, 4) is 0 Å². The molecule has 1 aliphatic heterocycles. The summed E-state index contributed by atoms with van der Waals surface area (Å²) in [6, 6.07) is 0. The second-order valence-electron chi connectivity index (χ2n) is 3.51. The van der Waals surface area contributed by atoms with Crippen LogP contribution in [0.1, 0.15) is 25.5 Å². The van der Waals surface area contributed by atoms with E-state index < -0.39 is 0 Å². The molecule has 1 saturated heterocycles. The molecule has 0 radical (unpaired) electrons. The van der Waals surface area contributed by atoms with Crippen molar-refractivity contribution in [3.63, 3.8) is 0 Å². The third-order valence-electron chi connectivity index (χ3n) is 2.58. The molecule has 3 nitrogen and oxygen atoms in total. The van der Waals surface area contributed by atoms with E-state index in [2.05, 4.69) is 9.97 Å².